The summed E-state index contributed by atoms with van der Waals surface area (Å²) in [5.41, 5.74) is 0.658. The fourth-order valence-electron chi connectivity index (χ4n) is 1.50. The Balaban J connectivity index is 2.59. The lowest BCUT2D eigenvalue weighted by Crippen LogP contribution is -2.32. The molecule has 18 heavy (non-hydrogen) atoms. The van der Waals surface area contributed by atoms with Crippen LogP contribution in [-0.4, -0.2) is 23.7 Å². The van der Waals surface area contributed by atoms with Crippen LogP contribution in [0.15, 0.2) is 24.3 Å². The molecular formula is C14H21NO3. The zero-order valence-corrected chi connectivity index (χ0v) is 11.1. The summed E-state index contributed by atoms with van der Waals surface area (Å²) in [6, 6.07) is 7.09. The van der Waals surface area contributed by atoms with Crippen molar-refractivity contribution < 1.29 is 14.6 Å². The van der Waals surface area contributed by atoms with E-state index >= 15 is 0 Å². The molecule has 0 fully saturated rings. The van der Waals surface area contributed by atoms with E-state index in [2.05, 4.69) is 5.32 Å². The normalized spacial score (nSPS) is 13.8. The van der Waals surface area contributed by atoms with Gasteiger partial charge in [-0.05, 0) is 37.1 Å². The number of benzene rings is 1. The van der Waals surface area contributed by atoms with Crippen molar-refractivity contribution in [3.8, 4) is 5.75 Å². The molecule has 0 unspecified atom stereocenters. The second-order valence-electron chi connectivity index (χ2n) is 4.28. The number of hydrogen-bond acceptors (Lipinski definition) is 3. The number of ether oxygens (including phenoxy) is 1. The number of hydrogen-bond donors (Lipinski definition) is 2. The van der Waals surface area contributed by atoms with Gasteiger partial charge < -0.3 is 15.2 Å². The number of rotatable bonds is 6. The summed E-state index contributed by atoms with van der Waals surface area (Å²) in [4.78, 5) is 11.7. The standard InChI is InChI=1S/C14H21NO3/c1-4-10(3)13(16)14(17)15-11-6-8-12(9-7-11)18-5-2/h6-10,13,16H,4-5H2,1-3H3,(H,15,17)/t10-,13+/m0/s1. The van der Waals surface area contributed by atoms with Crippen LogP contribution < -0.4 is 10.1 Å². The van der Waals surface area contributed by atoms with Gasteiger partial charge in [0, 0.05) is 5.69 Å². The maximum atomic E-state index is 11.7. The number of amides is 1. The average Bonchev–Trinajstić information content (AvgIpc) is 2.39. The monoisotopic (exact) mass is 251 g/mol. The lowest BCUT2D eigenvalue weighted by Gasteiger charge is -2.16. The highest BCUT2D eigenvalue weighted by Crippen LogP contribution is 2.17. The lowest BCUT2D eigenvalue weighted by molar-refractivity contribution is -0.126. The molecule has 100 valence electrons. The Hall–Kier alpha value is -1.55. The Bertz CT molecular complexity index is 375. The summed E-state index contributed by atoms with van der Waals surface area (Å²) < 4.78 is 5.31. The van der Waals surface area contributed by atoms with Crippen LogP contribution in [0.2, 0.25) is 0 Å². The molecule has 4 nitrogen and oxygen atoms in total. The van der Waals surface area contributed by atoms with Crippen molar-refractivity contribution >= 4 is 11.6 Å². The van der Waals surface area contributed by atoms with Crippen LogP contribution in [0.4, 0.5) is 5.69 Å². The fourth-order valence-corrected chi connectivity index (χ4v) is 1.50. The molecule has 0 aliphatic heterocycles. The van der Waals surface area contributed by atoms with Crippen molar-refractivity contribution in [1.82, 2.24) is 0 Å². The zero-order valence-electron chi connectivity index (χ0n) is 11.1. The van der Waals surface area contributed by atoms with Gasteiger partial charge in [-0.15, -0.1) is 0 Å². The minimum atomic E-state index is -0.971. The van der Waals surface area contributed by atoms with E-state index in [1.807, 2.05) is 20.8 Å². The number of carbonyl (C=O) groups excluding carboxylic acids is 1. The molecule has 0 aliphatic carbocycles. The molecule has 1 amide bonds. The van der Waals surface area contributed by atoms with E-state index in [4.69, 9.17) is 4.74 Å². The third-order valence-corrected chi connectivity index (χ3v) is 2.88. The van der Waals surface area contributed by atoms with Crippen molar-refractivity contribution in [2.75, 3.05) is 11.9 Å². The first-order valence-corrected chi connectivity index (χ1v) is 6.30. The third-order valence-electron chi connectivity index (χ3n) is 2.88. The van der Waals surface area contributed by atoms with Crippen molar-refractivity contribution in [3.63, 3.8) is 0 Å². The Labute approximate surface area is 108 Å². The van der Waals surface area contributed by atoms with E-state index in [-0.39, 0.29) is 11.8 Å². The Morgan fingerprint density at radius 2 is 1.94 bits per heavy atom. The minimum Gasteiger partial charge on any atom is -0.494 e. The molecule has 2 atom stereocenters. The highest BCUT2D eigenvalue weighted by molar-refractivity contribution is 5.94. The van der Waals surface area contributed by atoms with E-state index < -0.39 is 6.10 Å². The second-order valence-corrected chi connectivity index (χ2v) is 4.28. The molecular weight excluding hydrogens is 230 g/mol. The lowest BCUT2D eigenvalue weighted by atomic mass is 10.0. The Kier molecular flexibility index (Phi) is 5.65. The van der Waals surface area contributed by atoms with Gasteiger partial charge in [0.25, 0.3) is 5.91 Å². The first-order valence-electron chi connectivity index (χ1n) is 6.30. The van der Waals surface area contributed by atoms with Gasteiger partial charge in [-0.25, -0.2) is 0 Å². The summed E-state index contributed by atoms with van der Waals surface area (Å²) in [5.74, 6) is 0.346. The molecule has 0 aromatic heterocycles. The minimum absolute atomic E-state index is 0.0484. The van der Waals surface area contributed by atoms with E-state index in [1.165, 1.54) is 0 Å². The van der Waals surface area contributed by atoms with Gasteiger partial charge in [0.2, 0.25) is 0 Å². The van der Waals surface area contributed by atoms with Gasteiger partial charge in [-0.3, -0.25) is 4.79 Å². The molecule has 0 saturated carbocycles. The SMILES string of the molecule is CCOc1ccc(NC(=O)[C@H](O)[C@@H](C)CC)cc1. The number of nitrogens with one attached hydrogen (secondary N) is 1. The highest BCUT2D eigenvalue weighted by atomic mass is 16.5. The first-order chi connectivity index (χ1) is 8.58. The average molecular weight is 251 g/mol. The quantitative estimate of drug-likeness (QED) is 0.816. The summed E-state index contributed by atoms with van der Waals surface area (Å²) in [7, 11) is 0. The Morgan fingerprint density at radius 3 is 2.44 bits per heavy atom. The van der Waals surface area contributed by atoms with Crippen molar-refractivity contribution in [2.45, 2.75) is 33.3 Å². The van der Waals surface area contributed by atoms with Crippen LogP contribution in [0.25, 0.3) is 0 Å². The fraction of sp³-hybridized carbons (Fsp3) is 0.500. The van der Waals surface area contributed by atoms with Gasteiger partial charge in [0.1, 0.15) is 11.9 Å². The maximum absolute atomic E-state index is 11.7. The summed E-state index contributed by atoms with van der Waals surface area (Å²) in [6.07, 6.45) is -0.209. The molecule has 0 saturated heterocycles. The predicted octanol–water partition coefficient (Wildman–Crippen LogP) is 2.43. The van der Waals surface area contributed by atoms with Crippen LogP contribution in [-0.2, 0) is 4.79 Å². The number of carbonyl (C=O) groups is 1. The van der Waals surface area contributed by atoms with Crippen LogP contribution in [0.3, 0.4) is 0 Å². The summed E-state index contributed by atoms with van der Waals surface area (Å²) in [6.45, 7) is 6.32. The van der Waals surface area contributed by atoms with Crippen LogP contribution in [0.1, 0.15) is 27.2 Å². The molecule has 0 bridgehead atoms. The molecule has 0 spiro atoms. The van der Waals surface area contributed by atoms with Crippen molar-refractivity contribution in [1.29, 1.82) is 0 Å². The van der Waals surface area contributed by atoms with Crippen LogP contribution >= 0.6 is 0 Å². The number of aliphatic hydroxyl groups excluding tert-OH is 1. The van der Waals surface area contributed by atoms with Crippen molar-refractivity contribution in [3.05, 3.63) is 24.3 Å². The van der Waals surface area contributed by atoms with E-state index in [9.17, 15) is 9.90 Å². The molecule has 1 aromatic carbocycles. The van der Waals surface area contributed by atoms with Crippen LogP contribution in [0, 0.1) is 5.92 Å². The second kappa shape index (κ2) is 7.01. The smallest absolute Gasteiger partial charge is 0.253 e. The van der Waals surface area contributed by atoms with E-state index in [0.29, 0.717) is 12.3 Å². The summed E-state index contributed by atoms with van der Waals surface area (Å²) in [5, 5.41) is 12.4. The largest absolute Gasteiger partial charge is 0.494 e. The molecule has 1 aromatic rings. The van der Waals surface area contributed by atoms with Gasteiger partial charge in [0.05, 0.1) is 6.61 Å². The third kappa shape index (κ3) is 4.04. The predicted molar refractivity (Wildman–Crippen MR) is 71.7 cm³/mol. The molecule has 0 heterocycles. The highest BCUT2D eigenvalue weighted by Gasteiger charge is 2.20. The molecule has 1 rings (SSSR count). The number of aliphatic hydroxyl groups is 1. The topological polar surface area (TPSA) is 58.6 Å². The van der Waals surface area contributed by atoms with Gasteiger partial charge in [-0.2, -0.15) is 0 Å². The molecule has 0 aliphatic rings. The van der Waals surface area contributed by atoms with E-state index in [0.717, 1.165) is 12.2 Å². The van der Waals surface area contributed by atoms with Crippen molar-refractivity contribution in [2.24, 2.45) is 5.92 Å². The van der Waals surface area contributed by atoms with Crippen LogP contribution in [0.5, 0.6) is 5.75 Å². The number of anilines is 1. The zero-order chi connectivity index (χ0) is 13.5. The first kappa shape index (κ1) is 14.5. The molecule has 2 N–H and O–H groups in total. The molecule has 0 radical (unpaired) electrons. The van der Waals surface area contributed by atoms with Gasteiger partial charge >= 0.3 is 0 Å². The van der Waals surface area contributed by atoms with Gasteiger partial charge in [0.15, 0.2) is 0 Å². The summed E-state index contributed by atoms with van der Waals surface area (Å²) >= 11 is 0. The van der Waals surface area contributed by atoms with E-state index in [1.54, 1.807) is 24.3 Å². The Morgan fingerprint density at radius 1 is 1.33 bits per heavy atom. The van der Waals surface area contributed by atoms with Gasteiger partial charge in [-0.1, -0.05) is 20.3 Å². The molecule has 4 heteroatoms. The maximum Gasteiger partial charge on any atom is 0.253 e.